The van der Waals surface area contributed by atoms with Crippen LogP contribution in [-0.4, -0.2) is 98.1 Å². The average molecular weight is 499 g/mol. The molecule has 0 saturated carbocycles. The summed E-state index contributed by atoms with van der Waals surface area (Å²) in [7, 11) is 7.54. The molecule has 2 aromatic rings. The Morgan fingerprint density at radius 2 is 1.74 bits per heavy atom. The monoisotopic (exact) mass is 498 g/mol. The molecule has 7 nitrogen and oxygen atoms in total. The summed E-state index contributed by atoms with van der Waals surface area (Å²) < 4.78 is 5.60. The van der Waals surface area contributed by atoms with Crippen molar-refractivity contribution >= 4 is 23.3 Å². The lowest BCUT2D eigenvalue weighted by Gasteiger charge is -2.30. The maximum Gasteiger partial charge on any atom is 0.320 e. The Morgan fingerprint density at radius 3 is 2.40 bits per heavy atom. The van der Waals surface area contributed by atoms with E-state index in [0.29, 0.717) is 23.9 Å². The zero-order valence-corrected chi connectivity index (χ0v) is 22.6. The summed E-state index contributed by atoms with van der Waals surface area (Å²) in [6.07, 6.45) is 1.81. The summed E-state index contributed by atoms with van der Waals surface area (Å²) >= 11 is 1.50. The highest BCUT2D eigenvalue weighted by molar-refractivity contribution is 7.17. The van der Waals surface area contributed by atoms with Gasteiger partial charge in [0.05, 0.1) is 18.0 Å². The number of hydrogen-bond acceptors (Lipinski definition) is 5. The standard InChI is InChI=1S/C27H38N4O3S/c1-18(2)19-7-8-23(34-6)22(15-19)24-9-10-25(35-24)26(32)29(4)21-12-14-31(17-21)27(33)30(5)20-11-13-28(3)16-20/h7-10,15,18,20-21H,11-14,16-17H2,1-6H3/t20-,21+/m1/s1. The molecule has 3 heterocycles. The van der Waals surface area contributed by atoms with E-state index in [1.807, 2.05) is 47.0 Å². The number of benzene rings is 1. The molecule has 0 spiro atoms. The van der Waals surface area contributed by atoms with Crippen LogP contribution in [0, 0.1) is 0 Å². The van der Waals surface area contributed by atoms with Crippen molar-refractivity contribution in [3.8, 4) is 16.2 Å². The number of urea groups is 1. The smallest absolute Gasteiger partial charge is 0.320 e. The van der Waals surface area contributed by atoms with Crippen molar-refractivity contribution in [2.45, 2.75) is 44.7 Å². The van der Waals surface area contributed by atoms with Gasteiger partial charge in [-0.15, -0.1) is 11.3 Å². The van der Waals surface area contributed by atoms with E-state index in [9.17, 15) is 9.59 Å². The number of nitrogens with zero attached hydrogens (tertiary/aromatic N) is 4. The molecule has 0 unspecified atom stereocenters. The molecule has 2 aliphatic rings. The molecule has 0 N–H and O–H groups in total. The van der Waals surface area contributed by atoms with E-state index < -0.39 is 0 Å². The van der Waals surface area contributed by atoms with E-state index in [2.05, 4.69) is 37.9 Å². The molecule has 35 heavy (non-hydrogen) atoms. The van der Waals surface area contributed by atoms with E-state index in [0.717, 1.165) is 42.1 Å². The molecule has 0 radical (unpaired) electrons. The first kappa shape index (κ1) is 25.5. The number of likely N-dealkylation sites (N-methyl/N-ethyl adjacent to an activating group) is 3. The topological polar surface area (TPSA) is 56.3 Å². The van der Waals surface area contributed by atoms with Gasteiger partial charge >= 0.3 is 6.03 Å². The Bertz CT molecular complexity index is 1070. The van der Waals surface area contributed by atoms with Gasteiger partial charge in [-0.2, -0.15) is 0 Å². The van der Waals surface area contributed by atoms with Crippen molar-refractivity contribution in [3.05, 3.63) is 40.8 Å². The highest BCUT2D eigenvalue weighted by Gasteiger charge is 2.35. The van der Waals surface area contributed by atoms with Crippen LogP contribution < -0.4 is 4.74 Å². The van der Waals surface area contributed by atoms with Gasteiger partial charge < -0.3 is 24.3 Å². The Hall–Kier alpha value is -2.58. The average Bonchev–Trinajstić information content (AvgIpc) is 3.62. The second kappa shape index (κ2) is 10.6. The maximum atomic E-state index is 13.3. The van der Waals surface area contributed by atoms with Gasteiger partial charge in [0.15, 0.2) is 0 Å². The predicted octanol–water partition coefficient (Wildman–Crippen LogP) is 4.45. The van der Waals surface area contributed by atoms with E-state index in [1.54, 1.807) is 7.11 Å². The first-order valence-corrected chi connectivity index (χ1v) is 13.3. The third kappa shape index (κ3) is 5.33. The van der Waals surface area contributed by atoms with Crippen LogP contribution >= 0.6 is 11.3 Å². The molecule has 4 rings (SSSR count). The van der Waals surface area contributed by atoms with Crippen LogP contribution in [0.2, 0.25) is 0 Å². The second-order valence-electron chi connectivity index (χ2n) is 10.2. The van der Waals surface area contributed by atoms with Crippen LogP contribution in [0.15, 0.2) is 30.3 Å². The van der Waals surface area contributed by atoms with Gasteiger partial charge in [0, 0.05) is 50.2 Å². The quantitative estimate of drug-likeness (QED) is 0.591. The first-order chi connectivity index (χ1) is 16.7. The zero-order chi connectivity index (χ0) is 25.3. The number of ether oxygens (including phenoxy) is 1. The third-order valence-electron chi connectivity index (χ3n) is 7.49. The van der Waals surface area contributed by atoms with E-state index in [1.165, 1.54) is 16.9 Å². The number of hydrogen-bond donors (Lipinski definition) is 0. The fourth-order valence-corrected chi connectivity index (χ4v) is 6.06. The number of carbonyl (C=O) groups is 2. The first-order valence-electron chi connectivity index (χ1n) is 12.4. The molecule has 0 bridgehead atoms. The van der Waals surface area contributed by atoms with Gasteiger partial charge in [-0.1, -0.05) is 19.9 Å². The lowest BCUT2D eigenvalue weighted by Crippen LogP contribution is -2.47. The Kier molecular flexibility index (Phi) is 7.71. The maximum absolute atomic E-state index is 13.3. The molecule has 2 saturated heterocycles. The highest BCUT2D eigenvalue weighted by atomic mass is 32.1. The second-order valence-corrected chi connectivity index (χ2v) is 11.3. The molecule has 2 atom stereocenters. The molecule has 3 amide bonds. The van der Waals surface area contributed by atoms with Gasteiger partial charge in [0.2, 0.25) is 0 Å². The molecular formula is C27H38N4O3S. The Labute approximate surface area is 213 Å². The minimum absolute atomic E-state index is 0.00491. The van der Waals surface area contributed by atoms with Gasteiger partial charge in [0.25, 0.3) is 5.91 Å². The minimum Gasteiger partial charge on any atom is -0.496 e. The van der Waals surface area contributed by atoms with Gasteiger partial charge in [0.1, 0.15) is 5.75 Å². The van der Waals surface area contributed by atoms with Crippen molar-refractivity contribution in [1.82, 2.24) is 19.6 Å². The summed E-state index contributed by atoms with van der Waals surface area (Å²) in [5.74, 6) is 1.23. The van der Waals surface area contributed by atoms with Crippen molar-refractivity contribution in [3.63, 3.8) is 0 Å². The largest absolute Gasteiger partial charge is 0.496 e. The molecule has 1 aromatic carbocycles. The summed E-state index contributed by atoms with van der Waals surface area (Å²) in [5, 5.41) is 0. The number of amides is 3. The van der Waals surface area contributed by atoms with E-state index in [4.69, 9.17) is 4.74 Å². The molecule has 0 aliphatic carbocycles. The third-order valence-corrected chi connectivity index (χ3v) is 8.60. The molecule has 2 aliphatic heterocycles. The number of carbonyl (C=O) groups excluding carboxylic acids is 2. The fourth-order valence-electron chi connectivity index (χ4n) is 5.05. The van der Waals surface area contributed by atoms with Crippen LogP contribution in [0.3, 0.4) is 0 Å². The SMILES string of the molecule is COc1ccc(C(C)C)cc1-c1ccc(C(=O)N(C)[C@H]2CCN(C(=O)N(C)[C@@H]3CCN(C)C3)C2)s1. The summed E-state index contributed by atoms with van der Waals surface area (Å²) in [5.41, 5.74) is 2.26. The van der Waals surface area contributed by atoms with Crippen LogP contribution in [0.25, 0.3) is 10.4 Å². The predicted molar refractivity (Wildman–Crippen MR) is 142 cm³/mol. The van der Waals surface area contributed by atoms with E-state index >= 15 is 0 Å². The molecule has 8 heteroatoms. The fraction of sp³-hybridized carbons (Fsp3) is 0.556. The Morgan fingerprint density at radius 1 is 1.03 bits per heavy atom. The molecule has 1 aromatic heterocycles. The minimum atomic E-state index is 0.00491. The van der Waals surface area contributed by atoms with Crippen molar-refractivity contribution < 1.29 is 14.3 Å². The molecule has 2 fully saturated rings. The van der Waals surface area contributed by atoms with E-state index in [-0.39, 0.29) is 24.0 Å². The van der Waals surface area contributed by atoms with Crippen molar-refractivity contribution in [2.75, 3.05) is 54.4 Å². The van der Waals surface area contributed by atoms with Gasteiger partial charge in [-0.25, -0.2) is 4.79 Å². The van der Waals surface area contributed by atoms with Gasteiger partial charge in [-0.3, -0.25) is 4.79 Å². The number of thiophene rings is 1. The van der Waals surface area contributed by atoms with Crippen LogP contribution in [0.4, 0.5) is 4.79 Å². The summed E-state index contributed by atoms with van der Waals surface area (Å²) in [4.78, 5) is 36.0. The van der Waals surface area contributed by atoms with Crippen LogP contribution in [-0.2, 0) is 0 Å². The Balaban J connectivity index is 1.42. The van der Waals surface area contributed by atoms with Crippen molar-refractivity contribution in [2.24, 2.45) is 0 Å². The van der Waals surface area contributed by atoms with Crippen LogP contribution in [0.5, 0.6) is 5.75 Å². The zero-order valence-electron chi connectivity index (χ0n) is 21.8. The van der Waals surface area contributed by atoms with Gasteiger partial charge in [-0.05, 0) is 62.2 Å². The number of methoxy groups -OCH3 is 1. The van der Waals surface area contributed by atoms with Crippen LogP contribution in [0.1, 0.15) is 47.8 Å². The number of likely N-dealkylation sites (tertiary alicyclic amines) is 2. The molecular weight excluding hydrogens is 460 g/mol. The highest BCUT2D eigenvalue weighted by Crippen LogP contribution is 2.37. The molecule has 190 valence electrons. The number of rotatable bonds is 6. The normalized spacial score (nSPS) is 20.5. The summed E-state index contributed by atoms with van der Waals surface area (Å²) in [6.45, 7) is 7.55. The van der Waals surface area contributed by atoms with Crippen molar-refractivity contribution in [1.29, 1.82) is 0 Å². The lowest BCUT2D eigenvalue weighted by atomic mass is 9.99. The summed E-state index contributed by atoms with van der Waals surface area (Å²) in [6, 6.07) is 10.5. The lowest BCUT2D eigenvalue weighted by molar-refractivity contribution is 0.0739.